The van der Waals surface area contributed by atoms with E-state index >= 15 is 0 Å². The molecule has 0 radical (unpaired) electrons. The summed E-state index contributed by atoms with van der Waals surface area (Å²) in [6.07, 6.45) is 0. The fourth-order valence-electron chi connectivity index (χ4n) is 2.41. The van der Waals surface area contributed by atoms with E-state index in [1.54, 1.807) is 0 Å². The Balaban J connectivity index is 2.04. The Labute approximate surface area is 133 Å². The van der Waals surface area contributed by atoms with Crippen molar-refractivity contribution in [2.24, 2.45) is 0 Å². The van der Waals surface area contributed by atoms with Gasteiger partial charge in [-0.1, -0.05) is 23.7 Å². The van der Waals surface area contributed by atoms with Gasteiger partial charge in [-0.05, 0) is 19.1 Å². The highest BCUT2D eigenvalue weighted by Crippen LogP contribution is 2.32. The number of anilines is 2. The second-order valence-electron chi connectivity index (χ2n) is 4.96. The molecule has 6 heteroatoms. The minimum atomic E-state index is 0.648. The second-order valence-corrected chi connectivity index (χ2v) is 6.62. The first-order valence-corrected chi connectivity index (χ1v) is 8.41. The normalized spacial score (nSPS) is 15.2. The number of halogens is 1. The molecule has 21 heavy (non-hydrogen) atoms. The van der Waals surface area contributed by atoms with Crippen LogP contribution in [0.5, 0.6) is 0 Å². The van der Waals surface area contributed by atoms with Gasteiger partial charge < -0.3 is 10.6 Å². The Kier molecular flexibility index (Phi) is 4.22. The van der Waals surface area contributed by atoms with Crippen molar-refractivity contribution in [3.63, 3.8) is 0 Å². The van der Waals surface area contributed by atoms with Gasteiger partial charge in [-0.15, -0.1) is 0 Å². The van der Waals surface area contributed by atoms with Gasteiger partial charge in [0.25, 0.3) is 0 Å². The Morgan fingerprint density at radius 1 is 1.14 bits per heavy atom. The molecule has 1 aromatic heterocycles. The summed E-state index contributed by atoms with van der Waals surface area (Å²) in [6.45, 7) is 3.86. The van der Waals surface area contributed by atoms with Gasteiger partial charge in [0.05, 0.1) is 5.69 Å². The summed E-state index contributed by atoms with van der Waals surface area (Å²) in [5.41, 5.74) is 8.75. The number of rotatable bonds is 2. The first kappa shape index (κ1) is 14.5. The molecule has 0 amide bonds. The predicted octanol–water partition coefficient (Wildman–Crippen LogP) is 3.24. The number of hydrogen-bond acceptors (Lipinski definition) is 5. The molecular weight excluding hydrogens is 304 g/mol. The number of hydrogen-bond donors (Lipinski definition) is 1. The SMILES string of the molecule is Cc1nc(-c2ccc(Cl)cc2)c(N)c(N2CCSCC2)n1. The highest BCUT2D eigenvalue weighted by Gasteiger charge is 2.19. The van der Waals surface area contributed by atoms with Gasteiger partial charge in [-0.2, -0.15) is 11.8 Å². The summed E-state index contributed by atoms with van der Waals surface area (Å²) in [6, 6.07) is 7.59. The van der Waals surface area contributed by atoms with Crippen molar-refractivity contribution < 1.29 is 0 Å². The molecule has 0 aliphatic carbocycles. The summed E-state index contributed by atoms with van der Waals surface area (Å²) in [5, 5.41) is 0.705. The van der Waals surface area contributed by atoms with E-state index < -0.39 is 0 Å². The summed E-state index contributed by atoms with van der Waals surface area (Å²) >= 11 is 7.91. The number of aromatic nitrogens is 2. The smallest absolute Gasteiger partial charge is 0.156 e. The minimum Gasteiger partial charge on any atom is -0.394 e. The van der Waals surface area contributed by atoms with Crippen LogP contribution in [-0.4, -0.2) is 34.6 Å². The molecule has 1 fully saturated rings. The first-order valence-electron chi connectivity index (χ1n) is 6.88. The van der Waals surface area contributed by atoms with Gasteiger partial charge in [-0.25, -0.2) is 9.97 Å². The highest BCUT2D eigenvalue weighted by atomic mass is 35.5. The Morgan fingerprint density at radius 3 is 2.48 bits per heavy atom. The van der Waals surface area contributed by atoms with Gasteiger partial charge in [-0.3, -0.25) is 0 Å². The van der Waals surface area contributed by atoms with Crippen molar-refractivity contribution >= 4 is 34.9 Å². The monoisotopic (exact) mass is 320 g/mol. The van der Waals surface area contributed by atoms with Crippen molar-refractivity contribution in [1.82, 2.24) is 9.97 Å². The molecule has 0 atom stereocenters. The summed E-state index contributed by atoms with van der Waals surface area (Å²) < 4.78 is 0. The van der Waals surface area contributed by atoms with E-state index in [0.717, 1.165) is 47.5 Å². The molecule has 1 aliphatic rings. The molecular formula is C15H17ClN4S. The average molecular weight is 321 g/mol. The first-order chi connectivity index (χ1) is 10.1. The van der Waals surface area contributed by atoms with Gasteiger partial charge in [0.1, 0.15) is 11.5 Å². The quantitative estimate of drug-likeness (QED) is 0.920. The summed E-state index contributed by atoms with van der Waals surface area (Å²) in [4.78, 5) is 11.3. The molecule has 2 heterocycles. The van der Waals surface area contributed by atoms with Crippen molar-refractivity contribution in [3.05, 3.63) is 35.1 Å². The standard InChI is InChI=1S/C15H17ClN4S/c1-10-18-14(11-2-4-12(16)5-3-11)13(17)15(19-10)20-6-8-21-9-7-20/h2-5H,6-9,17H2,1H3. The molecule has 2 aromatic rings. The molecule has 0 saturated carbocycles. The van der Waals surface area contributed by atoms with E-state index in [0.29, 0.717) is 10.7 Å². The van der Waals surface area contributed by atoms with Crippen molar-refractivity contribution in [3.8, 4) is 11.3 Å². The molecule has 2 N–H and O–H groups in total. The van der Waals surface area contributed by atoms with Crippen LogP contribution in [0.1, 0.15) is 5.82 Å². The van der Waals surface area contributed by atoms with E-state index in [1.165, 1.54) is 0 Å². The number of aryl methyl sites for hydroxylation is 1. The molecule has 0 unspecified atom stereocenters. The lowest BCUT2D eigenvalue weighted by Gasteiger charge is -2.29. The van der Waals surface area contributed by atoms with Gasteiger partial charge in [0, 0.05) is 35.2 Å². The third-order valence-corrected chi connectivity index (χ3v) is 4.66. The fourth-order valence-corrected chi connectivity index (χ4v) is 3.44. The molecule has 1 saturated heterocycles. The second kappa shape index (κ2) is 6.12. The number of thioether (sulfide) groups is 1. The zero-order valence-electron chi connectivity index (χ0n) is 11.8. The van der Waals surface area contributed by atoms with Crippen LogP contribution >= 0.6 is 23.4 Å². The third-order valence-electron chi connectivity index (χ3n) is 3.47. The number of nitrogen functional groups attached to an aromatic ring is 1. The lowest BCUT2D eigenvalue weighted by atomic mass is 10.1. The Morgan fingerprint density at radius 2 is 1.81 bits per heavy atom. The number of nitrogens with two attached hydrogens (primary N) is 1. The van der Waals surface area contributed by atoms with E-state index in [4.69, 9.17) is 17.3 Å². The zero-order chi connectivity index (χ0) is 14.8. The van der Waals surface area contributed by atoms with E-state index in [-0.39, 0.29) is 0 Å². The molecule has 1 aromatic carbocycles. The van der Waals surface area contributed by atoms with E-state index in [2.05, 4.69) is 14.9 Å². The van der Waals surface area contributed by atoms with Gasteiger partial charge in [0.2, 0.25) is 0 Å². The molecule has 0 bridgehead atoms. The van der Waals surface area contributed by atoms with Crippen LogP contribution in [0.15, 0.2) is 24.3 Å². The van der Waals surface area contributed by atoms with Crippen molar-refractivity contribution in [1.29, 1.82) is 0 Å². The van der Waals surface area contributed by atoms with E-state index in [1.807, 2.05) is 43.0 Å². The highest BCUT2D eigenvalue weighted by molar-refractivity contribution is 7.99. The zero-order valence-corrected chi connectivity index (χ0v) is 13.4. The topological polar surface area (TPSA) is 55.0 Å². The van der Waals surface area contributed by atoms with Crippen molar-refractivity contribution in [2.45, 2.75) is 6.92 Å². The molecule has 110 valence electrons. The lowest BCUT2D eigenvalue weighted by molar-refractivity contribution is 0.831. The van der Waals surface area contributed by atoms with E-state index in [9.17, 15) is 0 Å². The molecule has 4 nitrogen and oxygen atoms in total. The van der Waals surface area contributed by atoms with Crippen molar-refractivity contribution in [2.75, 3.05) is 35.2 Å². The maximum absolute atomic E-state index is 6.35. The largest absolute Gasteiger partial charge is 0.394 e. The summed E-state index contributed by atoms with van der Waals surface area (Å²) in [5.74, 6) is 3.81. The molecule has 0 spiro atoms. The van der Waals surface area contributed by atoms with Crippen LogP contribution in [0, 0.1) is 6.92 Å². The Bertz CT molecular complexity index is 639. The third kappa shape index (κ3) is 3.09. The maximum Gasteiger partial charge on any atom is 0.156 e. The predicted molar refractivity (Wildman–Crippen MR) is 91.2 cm³/mol. The average Bonchev–Trinajstić information content (AvgIpc) is 2.51. The Hall–Kier alpha value is -1.46. The van der Waals surface area contributed by atoms with Crippen LogP contribution in [0.3, 0.4) is 0 Å². The molecule has 3 rings (SSSR count). The van der Waals surface area contributed by atoms with Crippen LogP contribution in [-0.2, 0) is 0 Å². The van der Waals surface area contributed by atoms with Crippen LogP contribution < -0.4 is 10.6 Å². The number of nitrogens with zero attached hydrogens (tertiary/aromatic N) is 3. The molecule has 1 aliphatic heterocycles. The maximum atomic E-state index is 6.35. The fraction of sp³-hybridized carbons (Fsp3) is 0.333. The van der Waals surface area contributed by atoms with Crippen LogP contribution in [0.4, 0.5) is 11.5 Å². The summed E-state index contributed by atoms with van der Waals surface area (Å²) in [7, 11) is 0. The number of benzene rings is 1. The van der Waals surface area contributed by atoms with Gasteiger partial charge >= 0.3 is 0 Å². The van der Waals surface area contributed by atoms with Gasteiger partial charge in [0.15, 0.2) is 5.82 Å². The minimum absolute atomic E-state index is 0.648. The lowest BCUT2D eigenvalue weighted by Crippen LogP contribution is -2.34. The van der Waals surface area contributed by atoms with Crippen LogP contribution in [0.25, 0.3) is 11.3 Å². The van der Waals surface area contributed by atoms with Crippen LogP contribution in [0.2, 0.25) is 5.02 Å².